The Kier molecular flexibility index (Phi) is 4.64. The molecule has 3 aromatic rings. The monoisotopic (exact) mass is 347 g/mol. The van der Waals surface area contributed by atoms with E-state index in [0.717, 1.165) is 10.8 Å². The molecule has 1 N–H and O–H groups in total. The van der Waals surface area contributed by atoms with Gasteiger partial charge in [-0.25, -0.2) is 4.98 Å². The summed E-state index contributed by atoms with van der Waals surface area (Å²) in [5, 5.41) is 6.05. The molecule has 0 radical (unpaired) electrons. The lowest BCUT2D eigenvalue weighted by molar-refractivity contribution is -0.115. The summed E-state index contributed by atoms with van der Waals surface area (Å²) in [6, 6.07) is 8.94. The first-order valence-corrected chi connectivity index (χ1v) is 8.12. The van der Waals surface area contributed by atoms with Gasteiger partial charge in [-0.15, -0.1) is 11.3 Å². The highest BCUT2D eigenvalue weighted by Crippen LogP contribution is 2.27. The van der Waals surface area contributed by atoms with Crippen LogP contribution in [-0.4, -0.2) is 22.6 Å². The van der Waals surface area contributed by atoms with Crippen LogP contribution in [0.3, 0.4) is 0 Å². The Morgan fingerprint density at radius 1 is 1.39 bits per heavy atom. The van der Waals surface area contributed by atoms with E-state index >= 15 is 0 Å². The second-order valence-electron chi connectivity index (χ2n) is 4.78. The predicted octanol–water partition coefficient (Wildman–Crippen LogP) is 3.78. The highest BCUT2D eigenvalue weighted by atomic mass is 35.5. The Morgan fingerprint density at radius 3 is 2.91 bits per heavy atom. The predicted molar refractivity (Wildman–Crippen MR) is 91.8 cm³/mol. The van der Waals surface area contributed by atoms with E-state index < -0.39 is 0 Å². The molecule has 2 aromatic heterocycles. The number of amides is 1. The van der Waals surface area contributed by atoms with Gasteiger partial charge in [0.2, 0.25) is 5.91 Å². The van der Waals surface area contributed by atoms with Crippen LogP contribution in [0, 0.1) is 0 Å². The van der Waals surface area contributed by atoms with Crippen LogP contribution in [0.25, 0.3) is 5.13 Å². The third-order valence-corrected chi connectivity index (χ3v) is 4.28. The summed E-state index contributed by atoms with van der Waals surface area (Å²) in [6.45, 7) is 0. The van der Waals surface area contributed by atoms with Crippen LogP contribution >= 0.6 is 22.9 Å². The second-order valence-corrected chi connectivity index (χ2v) is 6.05. The Bertz CT molecular complexity index is 815. The summed E-state index contributed by atoms with van der Waals surface area (Å²) in [5.41, 5.74) is 1.27. The normalized spacial score (nSPS) is 10.5. The fraction of sp³-hybridized carbons (Fsp3) is 0.125. The molecular weight excluding hydrogens is 334 g/mol. The van der Waals surface area contributed by atoms with Gasteiger partial charge in [0.25, 0.3) is 0 Å². The van der Waals surface area contributed by atoms with Crippen LogP contribution in [0.4, 0.5) is 5.69 Å². The summed E-state index contributed by atoms with van der Waals surface area (Å²) in [6.07, 6.45) is 4.02. The van der Waals surface area contributed by atoms with Crippen molar-refractivity contribution in [1.29, 1.82) is 0 Å². The van der Waals surface area contributed by atoms with Gasteiger partial charge in [-0.1, -0.05) is 11.6 Å². The number of anilines is 1. The molecular formula is C16H14ClN3O2S. The quantitative estimate of drug-likeness (QED) is 0.764. The zero-order valence-corrected chi connectivity index (χ0v) is 13.9. The van der Waals surface area contributed by atoms with Crippen LogP contribution in [0.2, 0.25) is 5.02 Å². The molecule has 1 amide bonds. The molecule has 0 saturated carbocycles. The minimum Gasteiger partial charge on any atom is -0.495 e. The van der Waals surface area contributed by atoms with Gasteiger partial charge >= 0.3 is 0 Å². The van der Waals surface area contributed by atoms with Gasteiger partial charge in [0, 0.05) is 22.8 Å². The topological polar surface area (TPSA) is 56.1 Å². The molecule has 0 bridgehead atoms. The first kappa shape index (κ1) is 15.6. The summed E-state index contributed by atoms with van der Waals surface area (Å²) < 4.78 is 7.12. The van der Waals surface area contributed by atoms with E-state index in [4.69, 9.17) is 16.3 Å². The fourth-order valence-corrected chi connectivity index (χ4v) is 3.06. The molecule has 0 spiro atoms. The van der Waals surface area contributed by atoms with E-state index in [9.17, 15) is 4.79 Å². The lowest BCUT2D eigenvalue weighted by Gasteiger charge is -2.10. The van der Waals surface area contributed by atoms with Crippen LogP contribution in [-0.2, 0) is 11.2 Å². The van der Waals surface area contributed by atoms with Crippen molar-refractivity contribution in [3.63, 3.8) is 0 Å². The van der Waals surface area contributed by atoms with E-state index in [0.29, 0.717) is 16.5 Å². The molecule has 0 saturated heterocycles. The maximum Gasteiger partial charge on any atom is 0.230 e. The Labute approximate surface area is 142 Å². The standard InChI is InChI=1S/C16H14ClN3O2S/c1-22-14-5-4-11(17)8-13(14)19-15(21)9-12-10-23-16(18-12)20-6-2-3-7-20/h2-8,10H,9H2,1H3,(H,19,21). The van der Waals surface area contributed by atoms with E-state index in [-0.39, 0.29) is 12.3 Å². The highest BCUT2D eigenvalue weighted by molar-refractivity contribution is 7.12. The Morgan fingerprint density at radius 2 is 2.17 bits per heavy atom. The summed E-state index contributed by atoms with van der Waals surface area (Å²) in [4.78, 5) is 16.7. The number of ether oxygens (including phenoxy) is 1. The van der Waals surface area contributed by atoms with E-state index in [1.54, 1.807) is 25.3 Å². The number of hydrogen-bond acceptors (Lipinski definition) is 4. The molecule has 0 aliphatic carbocycles. The first-order valence-electron chi connectivity index (χ1n) is 6.87. The minimum atomic E-state index is -0.171. The van der Waals surface area contributed by atoms with Crippen LogP contribution in [0.1, 0.15) is 5.69 Å². The van der Waals surface area contributed by atoms with Gasteiger partial charge in [0.15, 0.2) is 5.13 Å². The number of halogens is 1. The number of hydrogen-bond donors (Lipinski definition) is 1. The van der Waals surface area contributed by atoms with Gasteiger partial charge in [-0.05, 0) is 30.3 Å². The van der Waals surface area contributed by atoms with Crippen molar-refractivity contribution < 1.29 is 9.53 Å². The number of nitrogens with zero attached hydrogens (tertiary/aromatic N) is 2. The molecule has 0 aliphatic heterocycles. The third-order valence-electron chi connectivity index (χ3n) is 3.14. The van der Waals surface area contributed by atoms with Gasteiger partial charge in [0.1, 0.15) is 5.75 Å². The third kappa shape index (κ3) is 3.72. The summed E-state index contributed by atoms with van der Waals surface area (Å²) in [7, 11) is 1.54. The van der Waals surface area contributed by atoms with Gasteiger partial charge in [0.05, 0.1) is 24.9 Å². The van der Waals surface area contributed by atoms with Crippen molar-refractivity contribution in [1.82, 2.24) is 9.55 Å². The van der Waals surface area contributed by atoms with E-state index in [1.165, 1.54) is 11.3 Å². The number of carbonyl (C=O) groups excluding carboxylic acids is 1. The largest absolute Gasteiger partial charge is 0.495 e. The summed E-state index contributed by atoms with van der Waals surface area (Å²) >= 11 is 7.45. The lowest BCUT2D eigenvalue weighted by atomic mass is 10.2. The lowest BCUT2D eigenvalue weighted by Crippen LogP contribution is -2.15. The Balaban J connectivity index is 1.69. The molecule has 7 heteroatoms. The smallest absolute Gasteiger partial charge is 0.230 e. The van der Waals surface area contributed by atoms with Gasteiger partial charge in [-0.2, -0.15) is 0 Å². The van der Waals surface area contributed by atoms with Crippen molar-refractivity contribution >= 4 is 34.5 Å². The summed E-state index contributed by atoms with van der Waals surface area (Å²) in [5.74, 6) is 0.393. The molecule has 23 heavy (non-hydrogen) atoms. The molecule has 3 rings (SSSR count). The maximum absolute atomic E-state index is 12.2. The fourth-order valence-electron chi connectivity index (χ4n) is 2.09. The van der Waals surface area contributed by atoms with E-state index in [1.807, 2.05) is 34.5 Å². The first-order chi connectivity index (χ1) is 11.2. The van der Waals surface area contributed by atoms with Crippen LogP contribution in [0.15, 0.2) is 48.1 Å². The average molecular weight is 348 g/mol. The van der Waals surface area contributed by atoms with Gasteiger partial charge in [-0.3, -0.25) is 4.79 Å². The molecule has 1 aromatic carbocycles. The molecule has 2 heterocycles. The van der Waals surface area contributed by atoms with Crippen molar-refractivity contribution in [2.75, 3.05) is 12.4 Å². The molecule has 0 atom stereocenters. The highest BCUT2D eigenvalue weighted by Gasteiger charge is 2.11. The Hall–Kier alpha value is -2.31. The maximum atomic E-state index is 12.2. The van der Waals surface area contributed by atoms with Crippen LogP contribution in [0.5, 0.6) is 5.75 Å². The number of thiazole rings is 1. The molecule has 0 fully saturated rings. The van der Waals surface area contributed by atoms with E-state index in [2.05, 4.69) is 10.3 Å². The van der Waals surface area contributed by atoms with Crippen molar-refractivity contribution in [2.24, 2.45) is 0 Å². The molecule has 0 unspecified atom stereocenters. The average Bonchev–Trinajstić information content (AvgIpc) is 3.18. The van der Waals surface area contributed by atoms with Crippen molar-refractivity contribution in [3.8, 4) is 10.9 Å². The molecule has 118 valence electrons. The number of benzene rings is 1. The number of rotatable bonds is 5. The second kappa shape index (κ2) is 6.85. The zero-order valence-electron chi connectivity index (χ0n) is 12.3. The minimum absolute atomic E-state index is 0.171. The molecule has 0 aliphatic rings. The zero-order chi connectivity index (χ0) is 16.2. The number of methoxy groups -OCH3 is 1. The van der Waals surface area contributed by atoms with Crippen molar-refractivity contribution in [2.45, 2.75) is 6.42 Å². The van der Waals surface area contributed by atoms with Crippen LogP contribution < -0.4 is 10.1 Å². The number of aromatic nitrogens is 2. The number of nitrogens with one attached hydrogen (secondary N) is 1. The van der Waals surface area contributed by atoms with Gasteiger partial charge < -0.3 is 14.6 Å². The van der Waals surface area contributed by atoms with Crippen molar-refractivity contribution in [3.05, 3.63) is 58.8 Å². The SMILES string of the molecule is COc1ccc(Cl)cc1NC(=O)Cc1csc(-n2cccc2)n1. The number of carbonyl (C=O) groups is 1. The molecule has 5 nitrogen and oxygen atoms in total.